The van der Waals surface area contributed by atoms with Crippen molar-refractivity contribution >= 4 is 0 Å². The van der Waals surface area contributed by atoms with Gasteiger partial charge in [-0.2, -0.15) is 0 Å². The molecule has 2 atom stereocenters. The number of nitrogens with zero attached hydrogens (tertiary/aromatic N) is 1. The maximum atomic E-state index is 3.57. The minimum Gasteiger partial charge on any atom is -0.312 e. The van der Waals surface area contributed by atoms with Crippen molar-refractivity contribution in [1.29, 1.82) is 0 Å². The molecule has 0 spiro atoms. The maximum absolute atomic E-state index is 3.57. The summed E-state index contributed by atoms with van der Waals surface area (Å²) in [5.74, 6) is 0.907. The first-order valence-corrected chi connectivity index (χ1v) is 8.85. The lowest BCUT2D eigenvalue weighted by molar-refractivity contribution is 0.137. The zero-order chi connectivity index (χ0) is 15.0. The molecule has 1 saturated carbocycles. The molecule has 120 valence electrons. The van der Waals surface area contributed by atoms with E-state index in [9.17, 15) is 0 Å². The van der Waals surface area contributed by atoms with Crippen LogP contribution in [0.25, 0.3) is 0 Å². The molecule has 0 aromatic carbocycles. The van der Waals surface area contributed by atoms with Crippen LogP contribution in [0.15, 0.2) is 0 Å². The van der Waals surface area contributed by atoms with Crippen LogP contribution in [0.2, 0.25) is 0 Å². The summed E-state index contributed by atoms with van der Waals surface area (Å²) in [6.45, 7) is 11.6. The van der Waals surface area contributed by atoms with Gasteiger partial charge in [-0.25, -0.2) is 0 Å². The van der Waals surface area contributed by atoms with Crippen molar-refractivity contribution in [3.05, 3.63) is 0 Å². The van der Waals surface area contributed by atoms with Crippen molar-refractivity contribution in [3.8, 4) is 0 Å². The average Bonchev–Trinajstić information content (AvgIpc) is 2.36. The molecule has 1 N–H and O–H groups in total. The first kappa shape index (κ1) is 18.0. The molecule has 0 saturated heterocycles. The molecule has 0 heterocycles. The number of nitrogens with one attached hydrogen (secondary N) is 1. The molecule has 1 aliphatic carbocycles. The van der Waals surface area contributed by atoms with Crippen molar-refractivity contribution in [1.82, 2.24) is 10.2 Å². The monoisotopic (exact) mass is 282 g/mol. The summed E-state index contributed by atoms with van der Waals surface area (Å²) < 4.78 is 0. The molecular formula is C18H38N2. The molecule has 2 nitrogen and oxygen atoms in total. The highest BCUT2D eigenvalue weighted by atomic mass is 15.1. The average molecular weight is 283 g/mol. The smallest absolute Gasteiger partial charge is 0.0118 e. The van der Waals surface area contributed by atoms with Crippen molar-refractivity contribution in [2.75, 3.05) is 20.1 Å². The first-order valence-electron chi connectivity index (χ1n) is 8.85. The van der Waals surface area contributed by atoms with E-state index in [1.807, 2.05) is 0 Å². The molecule has 2 unspecified atom stereocenters. The predicted octanol–water partition coefficient (Wildman–Crippen LogP) is 4.45. The van der Waals surface area contributed by atoms with E-state index in [0.29, 0.717) is 0 Å². The van der Waals surface area contributed by atoms with E-state index in [1.165, 1.54) is 64.5 Å². The second-order valence-corrected chi connectivity index (χ2v) is 7.90. The van der Waals surface area contributed by atoms with Gasteiger partial charge in [0.05, 0.1) is 0 Å². The fourth-order valence-corrected chi connectivity index (χ4v) is 3.42. The Bertz CT molecular complexity index is 244. The van der Waals surface area contributed by atoms with Crippen molar-refractivity contribution in [2.45, 2.75) is 90.6 Å². The molecule has 1 fully saturated rings. The Balaban J connectivity index is 2.00. The molecule has 0 aliphatic heterocycles. The Labute approximate surface area is 127 Å². The highest BCUT2D eigenvalue weighted by Crippen LogP contribution is 2.27. The second kappa shape index (κ2) is 9.04. The molecule has 2 heteroatoms. The lowest BCUT2D eigenvalue weighted by Crippen LogP contribution is -2.39. The Morgan fingerprint density at radius 3 is 2.30 bits per heavy atom. The van der Waals surface area contributed by atoms with E-state index in [1.54, 1.807) is 0 Å². The lowest BCUT2D eigenvalue weighted by Gasteiger charge is -2.36. The molecule has 0 aromatic heterocycles. The summed E-state index contributed by atoms with van der Waals surface area (Å²) in [6.07, 6.45) is 11.2. The number of unbranched alkanes of at least 4 members (excludes halogenated alkanes) is 3. The third-order valence-corrected chi connectivity index (χ3v) is 4.73. The van der Waals surface area contributed by atoms with Crippen LogP contribution in [-0.4, -0.2) is 36.6 Å². The Hall–Kier alpha value is -0.0800. The van der Waals surface area contributed by atoms with E-state index in [-0.39, 0.29) is 5.54 Å². The quantitative estimate of drug-likeness (QED) is 0.662. The molecular weight excluding hydrogens is 244 g/mol. The molecule has 0 bridgehead atoms. The maximum Gasteiger partial charge on any atom is 0.0118 e. The van der Waals surface area contributed by atoms with Gasteiger partial charge < -0.3 is 10.2 Å². The van der Waals surface area contributed by atoms with Crippen LogP contribution < -0.4 is 5.32 Å². The van der Waals surface area contributed by atoms with Crippen LogP contribution in [0, 0.1) is 5.92 Å². The summed E-state index contributed by atoms with van der Waals surface area (Å²) in [4.78, 5) is 2.64. The van der Waals surface area contributed by atoms with Gasteiger partial charge in [0.1, 0.15) is 0 Å². The summed E-state index contributed by atoms with van der Waals surface area (Å²) in [5.41, 5.74) is 0.275. The lowest BCUT2D eigenvalue weighted by atomic mass is 9.85. The van der Waals surface area contributed by atoms with Crippen molar-refractivity contribution < 1.29 is 0 Å². The van der Waals surface area contributed by atoms with Gasteiger partial charge in [0.25, 0.3) is 0 Å². The Morgan fingerprint density at radius 2 is 1.65 bits per heavy atom. The van der Waals surface area contributed by atoms with Gasteiger partial charge in [-0.1, -0.05) is 32.6 Å². The number of hydrogen-bond acceptors (Lipinski definition) is 2. The first-order chi connectivity index (χ1) is 9.40. The zero-order valence-electron chi connectivity index (χ0n) is 14.7. The van der Waals surface area contributed by atoms with Gasteiger partial charge >= 0.3 is 0 Å². The standard InChI is InChI=1S/C18H38N2/c1-16-12-8-9-13-17(16)20(5)15-11-7-6-10-14-19-18(2,3)4/h16-17,19H,6-15H2,1-5H3. The molecule has 0 amide bonds. The Kier molecular flexibility index (Phi) is 8.13. The third-order valence-electron chi connectivity index (χ3n) is 4.73. The number of hydrogen-bond donors (Lipinski definition) is 1. The second-order valence-electron chi connectivity index (χ2n) is 7.90. The van der Waals surface area contributed by atoms with E-state index >= 15 is 0 Å². The minimum atomic E-state index is 0.275. The largest absolute Gasteiger partial charge is 0.312 e. The normalized spacial score (nSPS) is 24.3. The van der Waals surface area contributed by atoms with Gasteiger partial charge in [-0.15, -0.1) is 0 Å². The zero-order valence-corrected chi connectivity index (χ0v) is 14.7. The number of rotatable bonds is 8. The van der Waals surface area contributed by atoms with Gasteiger partial charge in [0.15, 0.2) is 0 Å². The highest BCUT2D eigenvalue weighted by Gasteiger charge is 2.24. The predicted molar refractivity (Wildman–Crippen MR) is 90.3 cm³/mol. The van der Waals surface area contributed by atoms with E-state index < -0.39 is 0 Å². The summed E-state index contributed by atoms with van der Waals surface area (Å²) in [6, 6.07) is 0.853. The van der Waals surface area contributed by atoms with Crippen molar-refractivity contribution in [3.63, 3.8) is 0 Å². The summed E-state index contributed by atoms with van der Waals surface area (Å²) >= 11 is 0. The SMILES string of the molecule is CC1CCCCC1N(C)CCCCCCNC(C)(C)C. The summed E-state index contributed by atoms with van der Waals surface area (Å²) in [7, 11) is 2.34. The molecule has 0 aromatic rings. The van der Waals surface area contributed by atoms with Gasteiger partial charge in [-0.05, 0) is 72.5 Å². The van der Waals surface area contributed by atoms with E-state index in [4.69, 9.17) is 0 Å². The van der Waals surface area contributed by atoms with E-state index in [2.05, 4.69) is 45.0 Å². The van der Waals surface area contributed by atoms with Crippen LogP contribution in [0.3, 0.4) is 0 Å². The topological polar surface area (TPSA) is 15.3 Å². The van der Waals surface area contributed by atoms with Crippen LogP contribution in [0.1, 0.15) is 79.1 Å². The third kappa shape index (κ3) is 7.64. The molecule has 1 rings (SSSR count). The van der Waals surface area contributed by atoms with Gasteiger partial charge in [-0.3, -0.25) is 0 Å². The van der Waals surface area contributed by atoms with Crippen molar-refractivity contribution in [2.24, 2.45) is 5.92 Å². The fourth-order valence-electron chi connectivity index (χ4n) is 3.42. The highest BCUT2D eigenvalue weighted by molar-refractivity contribution is 4.79. The van der Waals surface area contributed by atoms with Crippen LogP contribution >= 0.6 is 0 Å². The van der Waals surface area contributed by atoms with Crippen LogP contribution in [0.4, 0.5) is 0 Å². The fraction of sp³-hybridized carbons (Fsp3) is 1.00. The minimum absolute atomic E-state index is 0.275. The Morgan fingerprint density at radius 1 is 1.00 bits per heavy atom. The van der Waals surface area contributed by atoms with E-state index in [0.717, 1.165) is 12.0 Å². The molecule has 0 radical (unpaired) electrons. The molecule has 20 heavy (non-hydrogen) atoms. The van der Waals surface area contributed by atoms with Gasteiger partial charge in [0.2, 0.25) is 0 Å². The summed E-state index contributed by atoms with van der Waals surface area (Å²) in [5, 5.41) is 3.57. The van der Waals surface area contributed by atoms with Gasteiger partial charge in [0, 0.05) is 11.6 Å². The molecule has 1 aliphatic rings. The van der Waals surface area contributed by atoms with Crippen LogP contribution in [0.5, 0.6) is 0 Å². The van der Waals surface area contributed by atoms with Crippen LogP contribution in [-0.2, 0) is 0 Å².